The average Bonchev–Trinajstić information content (AvgIpc) is 2.70. The predicted octanol–water partition coefficient (Wildman–Crippen LogP) is 4.75. The summed E-state index contributed by atoms with van der Waals surface area (Å²) >= 11 is 11.7. The van der Waals surface area contributed by atoms with Crippen LogP contribution in [0.25, 0.3) is 0 Å². The summed E-state index contributed by atoms with van der Waals surface area (Å²) in [6, 6.07) is 6.45. The summed E-state index contributed by atoms with van der Waals surface area (Å²) in [5.41, 5.74) is -0.690. The number of likely N-dealkylation sites (tertiary alicyclic amines) is 1. The molecule has 0 bridgehead atoms. The Balaban J connectivity index is 1.58. The Morgan fingerprint density at radius 2 is 1.67 bits per heavy atom. The molecule has 1 aliphatic heterocycles. The van der Waals surface area contributed by atoms with Crippen molar-refractivity contribution in [2.24, 2.45) is 0 Å². The zero-order valence-electron chi connectivity index (χ0n) is 15.5. The second kappa shape index (κ2) is 8.73. The molecule has 2 aromatic carbocycles. The van der Waals surface area contributed by atoms with Gasteiger partial charge in [0.05, 0.1) is 16.1 Å². The smallest absolute Gasteiger partial charge is 0.416 e. The van der Waals surface area contributed by atoms with Gasteiger partial charge in [-0.1, -0.05) is 23.2 Å². The highest BCUT2D eigenvalue weighted by Gasteiger charge is 2.31. The molecular weight excluding hydrogens is 444 g/mol. The monoisotopic (exact) mass is 460 g/mol. The molecule has 0 saturated carbocycles. The van der Waals surface area contributed by atoms with Crippen LogP contribution in [0.15, 0.2) is 36.4 Å². The Kier molecular flexibility index (Phi) is 6.47. The van der Waals surface area contributed by atoms with Crippen LogP contribution in [0.5, 0.6) is 5.75 Å². The van der Waals surface area contributed by atoms with E-state index in [0.29, 0.717) is 25.9 Å². The third-order valence-electron chi connectivity index (χ3n) is 4.85. The van der Waals surface area contributed by atoms with Crippen molar-refractivity contribution in [3.63, 3.8) is 0 Å². The van der Waals surface area contributed by atoms with Crippen LogP contribution in [-0.4, -0.2) is 41.0 Å². The molecule has 3 rings (SSSR count). The van der Waals surface area contributed by atoms with Crippen LogP contribution in [0, 0.1) is 0 Å². The first kappa shape index (κ1) is 22.2. The Morgan fingerprint density at radius 1 is 1.07 bits per heavy atom. The Labute approximate surface area is 180 Å². The zero-order valence-corrected chi connectivity index (χ0v) is 17.0. The van der Waals surface area contributed by atoms with E-state index < -0.39 is 17.6 Å². The molecule has 0 unspecified atom stereocenters. The number of rotatable bonds is 3. The summed E-state index contributed by atoms with van der Waals surface area (Å²) in [6.45, 7) is 0.653. The van der Waals surface area contributed by atoms with E-state index in [9.17, 15) is 27.9 Å². The van der Waals surface area contributed by atoms with Crippen molar-refractivity contribution in [3.8, 4) is 5.75 Å². The van der Waals surface area contributed by atoms with Crippen LogP contribution in [0.4, 0.5) is 13.2 Å². The predicted molar refractivity (Wildman–Crippen MR) is 106 cm³/mol. The normalized spacial score (nSPS) is 15.2. The number of phenols is 1. The van der Waals surface area contributed by atoms with Gasteiger partial charge in [-0.05, 0) is 49.2 Å². The number of carbonyl (C=O) groups is 2. The fourth-order valence-electron chi connectivity index (χ4n) is 3.21. The van der Waals surface area contributed by atoms with Crippen LogP contribution in [0.2, 0.25) is 10.0 Å². The van der Waals surface area contributed by atoms with Crippen LogP contribution >= 0.6 is 23.2 Å². The number of halogens is 5. The van der Waals surface area contributed by atoms with Gasteiger partial charge in [0.2, 0.25) is 0 Å². The van der Waals surface area contributed by atoms with Crippen LogP contribution in [0.3, 0.4) is 0 Å². The highest BCUT2D eigenvalue weighted by atomic mass is 35.5. The quantitative estimate of drug-likeness (QED) is 0.693. The lowest BCUT2D eigenvalue weighted by Crippen LogP contribution is -2.46. The number of piperidine rings is 1. The zero-order chi connectivity index (χ0) is 22.1. The van der Waals surface area contributed by atoms with Gasteiger partial charge in [-0.15, -0.1) is 0 Å². The summed E-state index contributed by atoms with van der Waals surface area (Å²) in [5, 5.41) is 12.9. The standard InChI is InChI=1S/C20H17Cl2F3N2O3/c21-13-9-15(17(28)16(22)10-13)18(29)26-14-5-7-27(8-6-14)19(30)11-1-3-12(4-2-11)20(23,24)25/h1-4,9-10,14,28H,5-8H2,(H,26,29). The van der Waals surface area contributed by atoms with Crippen molar-refractivity contribution in [3.05, 3.63) is 63.1 Å². The van der Waals surface area contributed by atoms with Crippen molar-refractivity contribution >= 4 is 35.0 Å². The number of nitrogens with zero attached hydrogens (tertiary/aromatic N) is 1. The fraction of sp³-hybridized carbons (Fsp3) is 0.300. The SMILES string of the molecule is O=C(NC1CCN(C(=O)c2ccc(C(F)(F)F)cc2)CC1)c1cc(Cl)cc(Cl)c1O. The minimum Gasteiger partial charge on any atom is -0.506 e. The molecule has 10 heteroatoms. The first-order valence-corrected chi connectivity index (χ1v) is 9.77. The van der Waals surface area contributed by atoms with E-state index in [4.69, 9.17) is 23.2 Å². The Morgan fingerprint density at radius 3 is 2.23 bits per heavy atom. The number of carbonyl (C=O) groups excluding carboxylic acids is 2. The maximum Gasteiger partial charge on any atom is 0.416 e. The van der Waals surface area contributed by atoms with E-state index in [-0.39, 0.29) is 38.9 Å². The van der Waals surface area contributed by atoms with Gasteiger partial charge in [-0.3, -0.25) is 9.59 Å². The number of benzene rings is 2. The summed E-state index contributed by atoms with van der Waals surface area (Å²) in [6.07, 6.45) is -3.56. The van der Waals surface area contributed by atoms with Crippen LogP contribution in [-0.2, 0) is 6.18 Å². The molecule has 1 fully saturated rings. The largest absolute Gasteiger partial charge is 0.506 e. The van der Waals surface area contributed by atoms with Gasteiger partial charge in [-0.2, -0.15) is 13.2 Å². The lowest BCUT2D eigenvalue weighted by molar-refractivity contribution is -0.137. The summed E-state index contributed by atoms with van der Waals surface area (Å²) in [5.74, 6) is -1.27. The molecule has 1 heterocycles. The number of phenolic OH excluding ortho intramolecular Hbond substituents is 1. The van der Waals surface area contributed by atoms with E-state index in [2.05, 4.69) is 5.32 Å². The number of nitrogens with one attached hydrogen (secondary N) is 1. The molecule has 5 nitrogen and oxygen atoms in total. The fourth-order valence-corrected chi connectivity index (χ4v) is 3.71. The molecule has 0 aromatic heterocycles. The summed E-state index contributed by atoms with van der Waals surface area (Å²) in [4.78, 5) is 26.5. The van der Waals surface area contributed by atoms with Gasteiger partial charge < -0.3 is 15.3 Å². The minimum atomic E-state index is -4.46. The van der Waals surface area contributed by atoms with E-state index in [0.717, 1.165) is 24.3 Å². The molecule has 2 N–H and O–H groups in total. The van der Waals surface area contributed by atoms with Gasteiger partial charge in [0.1, 0.15) is 5.75 Å². The van der Waals surface area contributed by atoms with E-state index >= 15 is 0 Å². The number of amides is 2. The Bertz CT molecular complexity index is 957. The molecule has 30 heavy (non-hydrogen) atoms. The molecule has 0 radical (unpaired) electrons. The first-order valence-electron chi connectivity index (χ1n) is 9.01. The molecule has 2 amide bonds. The molecule has 1 aliphatic rings. The molecule has 1 saturated heterocycles. The van der Waals surface area contributed by atoms with Gasteiger partial charge in [-0.25, -0.2) is 0 Å². The first-order chi connectivity index (χ1) is 14.1. The van der Waals surface area contributed by atoms with Crippen LogP contribution in [0.1, 0.15) is 39.1 Å². The van der Waals surface area contributed by atoms with Crippen molar-refractivity contribution in [2.75, 3.05) is 13.1 Å². The lowest BCUT2D eigenvalue weighted by Gasteiger charge is -2.32. The average molecular weight is 461 g/mol. The third-order valence-corrected chi connectivity index (χ3v) is 5.36. The summed E-state index contributed by atoms with van der Waals surface area (Å²) in [7, 11) is 0. The topological polar surface area (TPSA) is 69.6 Å². The molecule has 0 aliphatic carbocycles. The molecule has 0 atom stereocenters. The van der Waals surface area contributed by atoms with Gasteiger partial charge in [0.25, 0.3) is 11.8 Å². The number of aromatic hydroxyl groups is 1. The van der Waals surface area contributed by atoms with E-state index in [1.165, 1.54) is 17.0 Å². The molecule has 0 spiro atoms. The molecular formula is C20H17Cl2F3N2O3. The third kappa shape index (κ3) is 4.99. The van der Waals surface area contributed by atoms with Gasteiger partial charge in [0, 0.05) is 29.7 Å². The van der Waals surface area contributed by atoms with E-state index in [1.54, 1.807) is 0 Å². The highest BCUT2D eigenvalue weighted by molar-refractivity contribution is 6.36. The number of hydrogen-bond acceptors (Lipinski definition) is 3. The minimum absolute atomic E-state index is 0.0374. The van der Waals surface area contributed by atoms with Crippen molar-refractivity contribution in [1.82, 2.24) is 10.2 Å². The van der Waals surface area contributed by atoms with Crippen LogP contribution < -0.4 is 5.32 Å². The van der Waals surface area contributed by atoms with Crippen molar-refractivity contribution in [2.45, 2.75) is 25.1 Å². The van der Waals surface area contributed by atoms with Gasteiger partial charge >= 0.3 is 6.18 Å². The van der Waals surface area contributed by atoms with Crippen molar-refractivity contribution in [1.29, 1.82) is 0 Å². The second-order valence-corrected chi connectivity index (χ2v) is 7.74. The van der Waals surface area contributed by atoms with E-state index in [1.807, 2.05) is 0 Å². The molecule has 2 aromatic rings. The maximum absolute atomic E-state index is 12.7. The second-order valence-electron chi connectivity index (χ2n) is 6.90. The molecule has 160 valence electrons. The lowest BCUT2D eigenvalue weighted by atomic mass is 10.0. The maximum atomic E-state index is 12.7. The summed E-state index contributed by atoms with van der Waals surface area (Å²) < 4.78 is 38.0. The Hall–Kier alpha value is -2.45. The van der Waals surface area contributed by atoms with Crippen molar-refractivity contribution < 1.29 is 27.9 Å². The highest BCUT2D eigenvalue weighted by Crippen LogP contribution is 2.31. The van der Waals surface area contributed by atoms with Gasteiger partial charge in [0.15, 0.2) is 0 Å². The number of hydrogen-bond donors (Lipinski definition) is 2. The number of alkyl halides is 3.